The fourth-order valence-electron chi connectivity index (χ4n) is 3.24. The van der Waals surface area contributed by atoms with Crippen molar-refractivity contribution in [1.82, 2.24) is 25.7 Å². The molecule has 11 heteroatoms. The Kier molecular flexibility index (Phi) is 6.25. The zero-order valence-electron chi connectivity index (χ0n) is 17.5. The van der Waals surface area contributed by atoms with Gasteiger partial charge in [-0.3, -0.25) is 19.6 Å². The van der Waals surface area contributed by atoms with E-state index < -0.39 is 23.0 Å². The Hall–Kier alpha value is -3.47. The predicted molar refractivity (Wildman–Crippen MR) is 110 cm³/mol. The first-order valence-electron chi connectivity index (χ1n) is 9.84. The van der Waals surface area contributed by atoms with Crippen LogP contribution in [-0.4, -0.2) is 62.7 Å². The molecule has 1 fully saturated rings. The molecule has 2 heterocycles. The van der Waals surface area contributed by atoms with Crippen molar-refractivity contribution in [3.63, 3.8) is 0 Å². The van der Waals surface area contributed by atoms with Crippen LogP contribution >= 0.6 is 0 Å². The zero-order chi connectivity index (χ0) is 22.8. The molecule has 0 spiro atoms. The number of amides is 3. The van der Waals surface area contributed by atoms with Crippen molar-refractivity contribution >= 4 is 28.8 Å². The van der Waals surface area contributed by atoms with Crippen LogP contribution in [0.5, 0.6) is 0 Å². The molecule has 4 N–H and O–H groups in total. The maximum atomic E-state index is 12.6. The minimum atomic E-state index is -0.758. The molecule has 0 unspecified atom stereocenters. The quantitative estimate of drug-likeness (QED) is 0.420. The number of likely N-dealkylation sites (tertiary alicyclic amines) is 1. The number of H-pyrrole nitrogens is 1. The number of carbonyl (C=O) groups is 3. The number of ether oxygens (including phenoxy) is 1. The highest BCUT2D eigenvalue weighted by Crippen LogP contribution is 2.16. The van der Waals surface area contributed by atoms with Gasteiger partial charge in [-0.2, -0.15) is 0 Å². The Morgan fingerprint density at radius 1 is 1.19 bits per heavy atom. The van der Waals surface area contributed by atoms with Gasteiger partial charge in [0, 0.05) is 24.7 Å². The van der Waals surface area contributed by atoms with E-state index in [4.69, 9.17) is 9.94 Å². The van der Waals surface area contributed by atoms with Crippen LogP contribution in [0.25, 0.3) is 10.9 Å². The molecule has 1 aromatic heterocycles. The summed E-state index contributed by atoms with van der Waals surface area (Å²) in [5, 5.41) is 11.8. The zero-order valence-corrected chi connectivity index (χ0v) is 17.5. The van der Waals surface area contributed by atoms with Crippen molar-refractivity contribution in [2.75, 3.05) is 13.1 Å². The third-order valence-electron chi connectivity index (χ3n) is 4.77. The maximum absolute atomic E-state index is 12.6. The number of fused-ring (bicyclic) bond motifs is 1. The maximum Gasteiger partial charge on any atom is 0.410 e. The van der Waals surface area contributed by atoms with Gasteiger partial charge < -0.3 is 19.9 Å². The van der Waals surface area contributed by atoms with E-state index in [1.54, 1.807) is 25.7 Å². The van der Waals surface area contributed by atoms with Crippen LogP contribution in [0.2, 0.25) is 0 Å². The van der Waals surface area contributed by atoms with Gasteiger partial charge in [0.15, 0.2) is 5.82 Å². The first-order valence-corrected chi connectivity index (χ1v) is 9.84. The van der Waals surface area contributed by atoms with Crippen LogP contribution in [0.4, 0.5) is 4.79 Å². The average molecular weight is 431 g/mol. The normalized spacial score (nSPS) is 14.9. The number of rotatable bonds is 3. The summed E-state index contributed by atoms with van der Waals surface area (Å²) in [7, 11) is 0. The Labute approximate surface area is 177 Å². The Morgan fingerprint density at radius 3 is 2.48 bits per heavy atom. The van der Waals surface area contributed by atoms with Crippen LogP contribution in [0, 0.1) is 0 Å². The summed E-state index contributed by atoms with van der Waals surface area (Å²) in [6, 6.07) is 3.87. The standard InChI is InChI=1S/C20H25N5O6/c1-20(2,3)31-19(29)25-8-6-12(7-9-25)21-18(28)15-22-14-10-11(16(26)24-30)4-5-13(14)17(27)23-15/h4-5,10,12,30H,6-9H2,1-3H3,(H,21,28)(H,24,26)(H,22,23,27). The summed E-state index contributed by atoms with van der Waals surface area (Å²) in [6.45, 7) is 6.26. The molecule has 0 atom stereocenters. The van der Waals surface area contributed by atoms with Gasteiger partial charge in [0.25, 0.3) is 17.4 Å². The molecule has 1 saturated heterocycles. The fraction of sp³-hybridized carbons (Fsp3) is 0.450. The molecule has 0 aliphatic carbocycles. The van der Waals surface area contributed by atoms with Gasteiger partial charge in [0.1, 0.15) is 5.60 Å². The average Bonchev–Trinajstić information content (AvgIpc) is 2.71. The molecule has 0 bridgehead atoms. The predicted octanol–water partition coefficient (Wildman–Crippen LogP) is 1.17. The lowest BCUT2D eigenvalue weighted by Crippen LogP contribution is -2.48. The van der Waals surface area contributed by atoms with Crippen LogP contribution in [-0.2, 0) is 4.74 Å². The van der Waals surface area contributed by atoms with Gasteiger partial charge in [-0.15, -0.1) is 0 Å². The minimum Gasteiger partial charge on any atom is -0.444 e. The highest BCUT2D eigenvalue weighted by atomic mass is 16.6. The molecular weight excluding hydrogens is 406 g/mol. The fourth-order valence-corrected chi connectivity index (χ4v) is 3.24. The monoisotopic (exact) mass is 431 g/mol. The number of aromatic nitrogens is 2. The molecule has 1 aliphatic rings. The summed E-state index contributed by atoms with van der Waals surface area (Å²) in [5.41, 5.74) is 0.648. The van der Waals surface area contributed by atoms with Crippen molar-refractivity contribution in [2.45, 2.75) is 45.3 Å². The molecule has 2 aromatic rings. The molecule has 31 heavy (non-hydrogen) atoms. The second-order valence-electron chi connectivity index (χ2n) is 8.30. The Balaban J connectivity index is 1.67. The summed E-state index contributed by atoms with van der Waals surface area (Å²) >= 11 is 0. The highest BCUT2D eigenvalue weighted by molar-refractivity contribution is 5.98. The Morgan fingerprint density at radius 2 is 1.87 bits per heavy atom. The molecule has 166 valence electrons. The van der Waals surface area contributed by atoms with E-state index in [0.29, 0.717) is 25.9 Å². The van der Waals surface area contributed by atoms with E-state index in [2.05, 4.69) is 15.3 Å². The molecule has 1 aromatic carbocycles. The van der Waals surface area contributed by atoms with Crippen molar-refractivity contribution in [3.05, 3.63) is 39.9 Å². The number of benzene rings is 1. The van der Waals surface area contributed by atoms with Crippen LogP contribution < -0.4 is 16.4 Å². The third-order valence-corrected chi connectivity index (χ3v) is 4.77. The number of carbonyl (C=O) groups excluding carboxylic acids is 3. The van der Waals surface area contributed by atoms with Crippen LogP contribution in [0.15, 0.2) is 23.0 Å². The lowest BCUT2D eigenvalue weighted by Gasteiger charge is -2.33. The van der Waals surface area contributed by atoms with Crippen LogP contribution in [0.3, 0.4) is 0 Å². The van der Waals surface area contributed by atoms with E-state index in [-0.39, 0.29) is 34.4 Å². The topological polar surface area (TPSA) is 154 Å². The van der Waals surface area contributed by atoms with Gasteiger partial charge in [-0.05, 0) is 51.8 Å². The SMILES string of the molecule is CC(C)(C)OC(=O)N1CCC(NC(=O)c2nc3cc(C(=O)NO)ccc3c(=O)[nH]2)CC1. The first-order chi connectivity index (χ1) is 14.6. The second-order valence-corrected chi connectivity index (χ2v) is 8.30. The minimum absolute atomic E-state index is 0.0916. The van der Waals surface area contributed by atoms with E-state index in [1.165, 1.54) is 23.7 Å². The molecule has 0 radical (unpaired) electrons. The van der Waals surface area contributed by atoms with Gasteiger partial charge in [0.2, 0.25) is 0 Å². The van der Waals surface area contributed by atoms with Gasteiger partial charge in [-0.1, -0.05) is 0 Å². The van der Waals surface area contributed by atoms with Crippen LogP contribution in [0.1, 0.15) is 54.6 Å². The van der Waals surface area contributed by atoms with Crippen molar-refractivity contribution in [1.29, 1.82) is 0 Å². The molecular formula is C20H25N5O6. The molecule has 0 saturated carbocycles. The van der Waals surface area contributed by atoms with Gasteiger partial charge in [0.05, 0.1) is 10.9 Å². The molecule has 3 rings (SSSR count). The number of nitrogens with zero attached hydrogens (tertiary/aromatic N) is 2. The highest BCUT2D eigenvalue weighted by Gasteiger charge is 2.28. The lowest BCUT2D eigenvalue weighted by molar-refractivity contribution is 0.0199. The number of hydroxylamine groups is 1. The molecule has 11 nitrogen and oxygen atoms in total. The summed E-state index contributed by atoms with van der Waals surface area (Å²) in [6.07, 6.45) is 0.674. The molecule has 3 amide bonds. The summed E-state index contributed by atoms with van der Waals surface area (Å²) < 4.78 is 5.36. The number of nitrogens with one attached hydrogen (secondary N) is 3. The van der Waals surface area contributed by atoms with E-state index in [0.717, 1.165) is 0 Å². The summed E-state index contributed by atoms with van der Waals surface area (Å²) in [4.78, 5) is 56.8. The summed E-state index contributed by atoms with van der Waals surface area (Å²) in [5.74, 6) is -1.51. The van der Waals surface area contributed by atoms with Gasteiger partial charge >= 0.3 is 6.09 Å². The lowest BCUT2D eigenvalue weighted by atomic mass is 10.1. The number of hydrogen-bond acceptors (Lipinski definition) is 7. The Bertz CT molecular complexity index is 1070. The number of aromatic amines is 1. The third kappa shape index (κ3) is 5.37. The first kappa shape index (κ1) is 22.2. The number of hydrogen-bond donors (Lipinski definition) is 4. The van der Waals surface area contributed by atoms with Gasteiger partial charge in [-0.25, -0.2) is 15.3 Å². The largest absolute Gasteiger partial charge is 0.444 e. The second kappa shape index (κ2) is 8.72. The van der Waals surface area contributed by atoms with Crippen molar-refractivity contribution in [3.8, 4) is 0 Å². The van der Waals surface area contributed by atoms with Crippen molar-refractivity contribution < 1.29 is 24.3 Å². The molecule has 1 aliphatic heterocycles. The van der Waals surface area contributed by atoms with Crippen molar-refractivity contribution in [2.24, 2.45) is 0 Å². The van der Waals surface area contributed by atoms with E-state index >= 15 is 0 Å². The smallest absolute Gasteiger partial charge is 0.410 e. The van der Waals surface area contributed by atoms with E-state index in [1.807, 2.05) is 0 Å². The van der Waals surface area contributed by atoms with E-state index in [9.17, 15) is 19.2 Å². The number of piperidine rings is 1.